The number of hydrogen-bond acceptors (Lipinski definition) is 3. The van der Waals surface area contributed by atoms with Gasteiger partial charge in [-0.25, -0.2) is 0 Å². The van der Waals surface area contributed by atoms with Crippen LogP contribution in [0, 0.1) is 11.3 Å². The van der Waals surface area contributed by atoms with Crippen LogP contribution in [0.2, 0.25) is 0 Å². The molecule has 2 saturated carbocycles. The predicted octanol–water partition coefficient (Wildman–Crippen LogP) is 6.54. The zero-order valence-electron chi connectivity index (χ0n) is 15.1. The zero-order valence-corrected chi connectivity index (χ0v) is 15.9. The van der Waals surface area contributed by atoms with Gasteiger partial charge < -0.3 is 5.32 Å². The number of thioether (sulfide) groups is 1. The number of rotatable bonds is 3. The van der Waals surface area contributed by atoms with E-state index in [1.54, 1.807) is 11.8 Å². The highest BCUT2D eigenvalue weighted by Crippen LogP contribution is 2.40. The SMILES string of the molecule is N=C1SC(C2CCCCCCC2)=C/C1=C/NC1CCCCCCC1. The summed E-state index contributed by atoms with van der Waals surface area (Å²) >= 11 is 1.73. The molecule has 2 aliphatic carbocycles. The van der Waals surface area contributed by atoms with E-state index >= 15 is 0 Å². The first-order valence-electron chi connectivity index (χ1n) is 10.3. The normalized spacial score (nSPS) is 27.2. The van der Waals surface area contributed by atoms with Gasteiger partial charge in [-0.1, -0.05) is 76.0 Å². The van der Waals surface area contributed by atoms with Gasteiger partial charge in [0, 0.05) is 17.8 Å². The Morgan fingerprint density at radius 1 is 0.833 bits per heavy atom. The highest BCUT2D eigenvalue weighted by molar-refractivity contribution is 8.18. The summed E-state index contributed by atoms with van der Waals surface area (Å²) in [5.74, 6) is 0.711. The summed E-state index contributed by atoms with van der Waals surface area (Å²) in [6, 6.07) is 0.620. The van der Waals surface area contributed by atoms with Crippen LogP contribution in [-0.2, 0) is 0 Å². The minimum Gasteiger partial charge on any atom is -0.388 e. The maximum Gasteiger partial charge on any atom is 0.100 e. The molecule has 0 radical (unpaired) electrons. The van der Waals surface area contributed by atoms with E-state index in [9.17, 15) is 0 Å². The summed E-state index contributed by atoms with van der Waals surface area (Å²) in [6.07, 6.45) is 23.6. The molecule has 0 atom stereocenters. The fraction of sp³-hybridized carbons (Fsp3) is 0.762. The van der Waals surface area contributed by atoms with Crippen molar-refractivity contribution in [2.24, 2.45) is 5.92 Å². The van der Waals surface area contributed by atoms with Gasteiger partial charge in [0.05, 0.1) is 0 Å². The second-order valence-electron chi connectivity index (χ2n) is 7.83. The minimum atomic E-state index is 0.620. The van der Waals surface area contributed by atoms with Crippen LogP contribution in [0.15, 0.2) is 22.8 Å². The van der Waals surface area contributed by atoms with Gasteiger partial charge in [0.25, 0.3) is 0 Å². The molecule has 0 unspecified atom stereocenters. The molecule has 24 heavy (non-hydrogen) atoms. The van der Waals surface area contributed by atoms with Crippen LogP contribution in [0.1, 0.15) is 89.9 Å². The third-order valence-electron chi connectivity index (χ3n) is 5.87. The first-order chi connectivity index (χ1) is 11.8. The minimum absolute atomic E-state index is 0.620. The second-order valence-corrected chi connectivity index (χ2v) is 8.91. The number of hydrogen-bond donors (Lipinski definition) is 2. The van der Waals surface area contributed by atoms with Gasteiger partial charge >= 0.3 is 0 Å². The predicted molar refractivity (Wildman–Crippen MR) is 107 cm³/mol. The van der Waals surface area contributed by atoms with Crippen molar-refractivity contribution in [2.75, 3.05) is 0 Å². The average molecular weight is 347 g/mol. The van der Waals surface area contributed by atoms with Crippen LogP contribution in [0.25, 0.3) is 0 Å². The molecular formula is C21H34N2S. The summed E-state index contributed by atoms with van der Waals surface area (Å²) < 4.78 is 0. The van der Waals surface area contributed by atoms with Gasteiger partial charge in [-0.3, -0.25) is 5.41 Å². The monoisotopic (exact) mass is 346 g/mol. The van der Waals surface area contributed by atoms with Crippen molar-refractivity contribution >= 4 is 16.8 Å². The molecule has 0 amide bonds. The standard InChI is InChI=1S/C21H34N2S/c22-21-18(16-23-19-13-9-5-2-6-10-14-19)15-20(24-21)17-11-7-3-1-4-8-12-17/h15-17,19,22-23H,1-14H2/b18-16-,22-21?. The quantitative estimate of drug-likeness (QED) is 0.608. The molecule has 0 aromatic carbocycles. The first-order valence-corrected chi connectivity index (χ1v) is 11.1. The Morgan fingerprint density at radius 3 is 2.00 bits per heavy atom. The van der Waals surface area contributed by atoms with Crippen LogP contribution >= 0.6 is 11.8 Å². The maximum absolute atomic E-state index is 8.35. The molecule has 0 aromatic rings. The Kier molecular flexibility index (Phi) is 7.31. The smallest absolute Gasteiger partial charge is 0.100 e. The largest absolute Gasteiger partial charge is 0.388 e. The van der Waals surface area contributed by atoms with E-state index < -0.39 is 0 Å². The summed E-state index contributed by atoms with van der Waals surface area (Å²) in [5, 5.41) is 12.8. The molecule has 3 aliphatic rings. The lowest BCUT2D eigenvalue weighted by molar-refractivity contribution is 0.420. The van der Waals surface area contributed by atoms with E-state index in [0.29, 0.717) is 12.0 Å². The lowest BCUT2D eigenvalue weighted by Gasteiger charge is -2.20. The fourth-order valence-electron chi connectivity index (χ4n) is 4.30. The van der Waals surface area contributed by atoms with Gasteiger partial charge in [0.15, 0.2) is 0 Å². The van der Waals surface area contributed by atoms with Gasteiger partial charge in [-0.2, -0.15) is 0 Å². The van der Waals surface area contributed by atoms with Gasteiger partial charge in [0.2, 0.25) is 0 Å². The average Bonchev–Trinajstić information content (AvgIpc) is 2.87. The second kappa shape index (κ2) is 9.70. The third-order valence-corrected chi connectivity index (χ3v) is 6.99. The van der Waals surface area contributed by atoms with E-state index in [1.807, 2.05) is 0 Å². The van der Waals surface area contributed by atoms with Crippen LogP contribution in [-0.4, -0.2) is 11.1 Å². The summed E-state index contributed by atoms with van der Waals surface area (Å²) in [5.41, 5.74) is 1.12. The van der Waals surface area contributed by atoms with Crippen LogP contribution in [0.4, 0.5) is 0 Å². The molecule has 3 rings (SSSR count). The molecule has 1 aliphatic heterocycles. The maximum atomic E-state index is 8.35. The molecule has 2 fully saturated rings. The van der Waals surface area contributed by atoms with Crippen LogP contribution in [0.3, 0.4) is 0 Å². The number of nitrogens with one attached hydrogen (secondary N) is 2. The molecule has 0 spiro atoms. The molecule has 0 bridgehead atoms. The highest BCUT2D eigenvalue weighted by Gasteiger charge is 2.24. The zero-order chi connectivity index (χ0) is 16.6. The van der Waals surface area contributed by atoms with E-state index in [-0.39, 0.29) is 0 Å². The molecule has 0 aromatic heterocycles. The first kappa shape index (κ1) is 18.1. The summed E-state index contributed by atoms with van der Waals surface area (Å²) in [6.45, 7) is 0. The van der Waals surface area contributed by atoms with Gasteiger partial charge in [0.1, 0.15) is 5.04 Å². The van der Waals surface area contributed by atoms with Crippen molar-refractivity contribution in [3.05, 3.63) is 22.8 Å². The fourth-order valence-corrected chi connectivity index (χ4v) is 5.36. The van der Waals surface area contributed by atoms with Crippen LogP contribution in [0.5, 0.6) is 0 Å². The summed E-state index contributed by atoms with van der Waals surface area (Å²) in [7, 11) is 0. The lowest BCUT2D eigenvalue weighted by Crippen LogP contribution is -2.25. The van der Waals surface area contributed by atoms with E-state index in [2.05, 4.69) is 17.6 Å². The van der Waals surface area contributed by atoms with Gasteiger partial charge in [-0.15, -0.1) is 0 Å². The van der Waals surface area contributed by atoms with E-state index in [0.717, 1.165) is 10.6 Å². The Morgan fingerprint density at radius 2 is 1.38 bits per heavy atom. The molecule has 2 nitrogen and oxygen atoms in total. The summed E-state index contributed by atoms with van der Waals surface area (Å²) in [4.78, 5) is 1.47. The highest BCUT2D eigenvalue weighted by atomic mass is 32.2. The van der Waals surface area contributed by atoms with Crippen molar-refractivity contribution < 1.29 is 0 Å². The van der Waals surface area contributed by atoms with Crippen molar-refractivity contribution in [3.8, 4) is 0 Å². The Bertz CT molecular complexity index is 464. The third kappa shape index (κ3) is 5.40. The van der Waals surface area contributed by atoms with Crippen LogP contribution < -0.4 is 5.32 Å². The molecule has 2 N–H and O–H groups in total. The molecule has 0 saturated heterocycles. The lowest BCUT2D eigenvalue weighted by atomic mass is 9.90. The van der Waals surface area contributed by atoms with Gasteiger partial charge in [-0.05, 0) is 42.6 Å². The van der Waals surface area contributed by atoms with Crippen molar-refractivity contribution in [3.63, 3.8) is 0 Å². The molecule has 3 heteroatoms. The molecule has 1 heterocycles. The Balaban J connectivity index is 1.57. The van der Waals surface area contributed by atoms with Crippen molar-refractivity contribution in [2.45, 2.75) is 95.9 Å². The topological polar surface area (TPSA) is 35.9 Å². The molecular weight excluding hydrogens is 312 g/mol. The van der Waals surface area contributed by atoms with E-state index in [1.165, 1.54) is 94.8 Å². The Labute approximate surface area is 152 Å². The number of allylic oxidation sites excluding steroid dienone is 2. The molecule has 134 valence electrons. The van der Waals surface area contributed by atoms with Crippen molar-refractivity contribution in [1.29, 1.82) is 5.41 Å². The Hall–Kier alpha value is -0.700. The van der Waals surface area contributed by atoms with E-state index in [4.69, 9.17) is 5.41 Å². The van der Waals surface area contributed by atoms with Crippen molar-refractivity contribution in [1.82, 2.24) is 5.32 Å².